The van der Waals surface area contributed by atoms with Crippen LogP contribution in [-0.2, 0) is 4.84 Å². The van der Waals surface area contributed by atoms with Crippen LogP contribution in [0.2, 0.25) is 0 Å². The minimum absolute atomic E-state index is 0.236. The number of aromatic nitrogens is 5. The third kappa shape index (κ3) is 4.54. The van der Waals surface area contributed by atoms with Gasteiger partial charge in [-0.25, -0.2) is 4.98 Å². The maximum atomic E-state index is 13.2. The first-order chi connectivity index (χ1) is 16.6. The van der Waals surface area contributed by atoms with Crippen molar-refractivity contribution in [2.75, 3.05) is 0 Å². The van der Waals surface area contributed by atoms with E-state index in [1.54, 1.807) is 12.4 Å². The lowest BCUT2D eigenvalue weighted by Crippen LogP contribution is -2.27. The van der Waals surface area contributed by atoms with Gasteiger partial charge in [-0.1, -0.05) is 17.3 Å². The summed E-state index contributed by atoms with van der Waals surface area (Å²) >= 11 is 0. The molecule has 0 unspecified atom stereocenters. The van der Waals surface area contributed by atoms with Crippen LogP contribution in [0.1, 0.15) is 58.5 Å². The highest BCUT2D eigenvalue weighted by Crippen LogP contribution is 2.30. The van der Waals surface area contributed by atoms with Crippen molar-refractivity contribution in [1.29, 1.82) is 0 Å². The molecule has 34 heavy (non-hydrogen) atoms. The summed E-state index contributed by atoms with van der Waals surface area (Å²) in [6.07, 6.45) is 5.24. The summed E-state index contributed by atoms with van der Waals surface area (Å²) in [4.78, 5) is 31.9. The highest BCUT2D eigenvalue weighted by atomic mass is 16.6. The van der Waals surface area contributed by atoms with Crippen LogP contribution in [0.4, 0.5) is 0 Å². The summed E-state index contributed by atoms with van der Waals surface area (Å²) < 4.78 is 0. The van der Waals surface area contributed by atoms with Crippen LogP contribution in [0, 0.1) is 6.92 Å². The number of H-pyrrole nitrogens is 1. The molecule has 0 spiro atoms. The molecule has 0 radical (unpaired) electrons. The third-order valence-corrected chi connectivity index (χ3v) is 5.61. The number of nitrogens with one attached hydrogen (secondary N) is 2. The molecule has 1 aliphatic rings. The van der Waals surface area contributed by atoms with Crippen molar-refractivity contribution < 1.29 is 9.63 Å². The lowest BCUT2D eigenvalue weighted by atomic mass is 9.96. The van der Waals surface area contributed by atoms with Crippen molar-refractivity contribution in [3.8, 4) is 11.3 Å². The molecule has 0 saturated heterocycles. The molecular formula is C25H23N7O2. The van der Waals surface area contributed by atoms with Crippen LogP contribution in [0.5, 0.6) is 0 Å². The van der Waals surface area contributed by atoms with E-state index in [0.717, 1.165) is 33.8 Å². The Labute approximate surface area is 196 Å². The second-order valence-corrected chi connectivity index (χ2v) is 8.18. The first kappa shape index (κ1) is 21.4. The van der Waals surface area contributed by atoms with Crippen LogP contribution in [0.15, 0.2) is 72.4 Å². The number of carbonyl (C=O) groups is 1. The molecule has 2 atom stereocenters. The molecule has 9 heteroatoms. The third-order valence-electron chi connectivity index (χ3n) is 5.61. The largest absolute Gasteiger partial charge is 0.385 e. The number of hydrogen-bond acceptors (Lipinski definition) is 7. The van der Waals surface area contributed by atoms with Gasteiger partial charge in [-0.15, -0.1) is 0 Å². The molecule has 0 fully saturated rings. The first-order valence-electron chi connectivity index (χ1n) is 10.9. The Hall–Kier alpha value is -4.40. The van der Waals surface area contributed by atoms with Crippen molar-refractivity contribution >= 4 is 11.6 Å². The molecule has 0 aliphatic carbocycles. The Morgan fingerprint density at radius 3 is 2.74 bits per heavy atom. The standard InChI is InChI=1S/C25H23N7O2/c1-15-6-7-20(27-13-15)17-9-18(22-12-23(34-32-22)21-5-3-4-8-26-21)11-19(10-17)25(33)30-16(2)24-28-14-29-31-24/h3-11,13-14,16,23H,12H2,1-2H3,(H,30,33)(H,28,29,31)/t16-,23+/m1/s1. The van der Waals surface area contributed by atoms with Gasteiger partial charge < -0.3 is 10.2 Å². The first-order valence-corrected chi connectivity index (χ1v) is 10.9. The number of benzene rings is 1. The van der Waals surface area contributed by atoms with Crippen molar-refractivity contribution in [3.63, 3.8) is 0 Å². The van der Waals surface area contributed by atoms with Gasteiger partial charge in [0.1, 0.15) is 12.2 Å². The number of carbonyl (C=O) groups excluding carboxylic acids is 1. The quantitative estimate of drug-likeness (QED) is 0.457. The van der Waals surface area contributed by atoms with Crippen molar-refractivity contribution in [3.05, 3.63) is 95.5 Å². The fourth-order valence-corrected chi connectivity index (χ4v) is 3.76. The molecular weight excluding hydrogens is 430 g/mol. The molecule has 3 aromatic heterocycles. The van der Waals surface area contributed by atoms with Gasteiger partial charge in [-0.3, -0.25) is 19.9 Å². The minimum Gasteiger partial charge on any atom is -0.385 e. The summed E-state index contributed by atoms with van der Waals surface area (Å²) in [6.45, 7) is 3.83. The van der Waals surface area contributed by atoms with Gasteiger partial charge in [0.05, 0.1) is 23.1 Å². The number of hydrogen-bond donors (Lipinski definition) is 2. The number of rotatable bonds is 6. The molecule has 4 aromatic rings. The summed E-state index contributed by atoms with van der Waals surface area (Å²) in [5, 5.41) is 13.9. The van der Waals surface area contributed by atoms with Crippen molar-refractivity contribution in [2.24, 2.45) is 5.16 Å². The Kier molecular flexibility index (Phi) is 5.82. The minimum atomic E-state index is -0.333. The van der Waals surface area contributed by atoms with E-state index in [2.05, 4.69) is 35.6 Å². The molecule has 170 valence electrons. The lowest BCUT2D eigenvalue weighted by Gasteiger charge is -2.13. The van der Waals surface area contributed by atoms with Gasteiger partial charge in [-0.2, -0.15) is 5.10 Å². The van der Waals surface area contributed by atoms with E-state index in [1.807, 2.05) is 62.4 Å². The molecule has 0 saturated carbocycles. The number of aryl methyl sites for hydroxylation is 1. The number of pyridine rings is 2. The number of oxime groups is 1. The smallest absolute Gasteiger partial charge is 0.251 e. The Morgan fingerprint density at radius 1 is 1.12 bits per heavy atom. The average molecular weight is 454 g/mol. The Bertz CT molecular complexity index is 1320. The molecule has 1 amide bonds. The van der Waals surface area contributed by atoms with E-state index in [1.165, 1.54) is 6.33 Å². The monoisotopic (exact) mass is 453 g/mol. The van der Waals surface area contributed by atoms with Crippen LogP contribution < -0.4 is 5.32 Å². The summed E-state index contributed by atoms with van der Waals surface area (Å²) in [5.74, 6) is 0.344. The van der Waals surface area contributed by atoms with Crippen LogP contribution in [-0.4, -0.2) is 36.8 Å². The van der Waals surface area contributed by atoms with E-state index in [0.29, 0.717) is 17.8 Å². The molecule has 9 nitrogen and oxygen atoms in total. The lowest BCUT2D eigenvalue weighted by molar-refractivity contribution is 0.0826. The predicted octanol–water partition coefficient (Wildman–Crippen LogP) is 3.93. The number of aromatic amines is 1. The summed E-state index contributed by atoms with van der Waals surface area (Å²) in [6, 6.07) is 14.9. The average Bonchev–Trinajstić information content (AvgIpc) is 3.58. The fourth-order valence-electron chi connectivity index (χ4n) is 3.76. The zero-order valence-electron chi connectivity index (χ0n) is 18.8. The number of nitrogens with zero attached hydrogens (tertiary/aromatic N) is 5. The Morgan fingerprint density at radius 2 is 2.00 bits per heavy atom. The Balaban J connectivity index is 1.46. The number of amides is 1. The van der Waals surface area contributed by atoms with Crippen molar-refractivity contribution in [1.82, 2.24) is 30.5 Å². The van der Waals surface area contributed by atoms with Gasteiger partial charge >= 0.3 is 0 Å². The highest BCUT2D eigenvalue weighted by molar-refractivity contribution is 6.05. The SMILES string of the molecule is Cc1ccc(-c2cc(C(=O)N[C@H](C)c3ncn[nH]3)cc(C3=NO[C@H](c4ccccn4)C3)c2)nc1. The van der Waals surface area contributed by atoms with Gasteiger partial charge in [0.25, 0.3) is 5.91 Å². The molecule has 1 aliphatic heterocycles. The fraction of sp³-hybridized carbons (Fsp3) is 0.200. The summed E-state index contributed by atoms with van der Waals surface area (Å²) in [7, 11) is 0. The zero-order valence-corrected chi connectivity index (χ0v) is 18.8. The second-order valence-electron chi connectivity index (χ2n) is 8.18. The van der Waals surface area contributed by atoms with E-state index in [-0.39, 0.29) is 18.1 Å². The highest BCUT2D eigenvalue weighted by Gasteiger charge is 2.26. The van der Waals surface area contributed by atoms with Crippen LogP contribution >= 0.6 is 0 Å². The van der Waals surface area contributed by atoms with Gasteiger partial charge in [-0.05, 0) is 55.8 Å². The van der Waals surface area contributed by atoms with Crippen LogP contribution in [0.3, 0.4) is 0 Å². The summed E-state index contributed by atoms with van der Waals surface area (Å²) in [5.41, 5.74) is 5.51. The van der Waals surface area contributed by atoms with E-state index >= 15 is 0 Å². The second kappa shape index (κ2) is 9.22. The van der Waals surface area contributed by atoms with Crippen molar-refractivity contribution in [2.45, 2.75) is 32.4 Å². The predicted molar refractivity (Wildman–Crippen MR) is 126 cm³/mol. The molecule has 5 rings (SSSR count). The van der Waals surface area contributed by atoms with Gasteiger partial charge in [0, 0.05) is 35.5 Å². The van der Waals surface area contributed by atoms with Crippen LogP contribution in [0.25, 0.3) is 11.3 Å². The van der Waals surface area contributed by atoms with E-state index in [9.17, 15) is 4.79 Å². The van der Waals surface area contributed by atoms with E-state index < -0.39 is 0 Å². The normalized spacial score (nSPS) is 15.9. The van der Waals surface area contributed by atoms with Gasteiger partial charge in [0.15, 0.2) is 6.10 Å². The maximum Gasteiger partial charge on any atom is 0.251 e. The van der Waals surface area contributed by atoms with Gasteiger partial charge in [0.2, 0.25) is 0 Å². The molecule has 2 N–H and O–H groups in total. The molecule has 4 heterocycles. The topological polar surface area (TPSA) is 118 Å². The zero-order chi connectivity index (χ0) is 23.5. The maximum absolute atomic E-state index is 13.2. The van der Waals surface area contributed by atoms with E-state index in [4.69, 9.17) is 4.84 Å². The molecule has 0 bridgehead atoms. The molecule has 1 aromatic carbocycles.